The van der Waals surface area contributed by atoms with E-state index in [0.29, 0.717) is 28.9 Å². The summed E-state index contributed by atoms with van der Waals surface area (Å²) in [5, 5.41) is 14.3. The minimum absolute atomic E-state index is 0.0448. The first-order valence-corrected chi connectivity index (χ1v) is 9.50. The molecule has 1 amide bonds. The number of carboxylic acids is 1. The zero-order valence-electron chi connectivity index (χ0n) is 16.2. The molecule has 1 aliphatic heterocycles. The summed E-state index contributed by atoms with van der Waals surface area (Å²) >= 11 is 0. The van der Waals surface area contributed by atoms with Crippen LogP contribution in [0.25, 0.3) is 10.9 Å². The Morgan fingerprint density at radius 2 is 1.87 bits per heavy atom. The van der Waals surface area contributed by atoms with E-state index < -0.39 is 23.3 Å². The number of carbonyl (C=O) groups is 2. The number of carbonyl (C=O) groups excluding carboxylic acids is 2. The monoisotopic (exact) mass is 407 g/mol. The maximum Gasteiger partial charge on any atom is 0.257 e. The number of benzene rings is 2. The smallest absolute Gasteiger partial charge is 0.257 e. The molecule has 0 radical (unpaired) electrons. The number of aromatic nitrogens is 1. The average molecular weight is 407 g/mol. The SMILES string of the molecule is CCn1cc(C(=O)N[C@@H](Cc2ccccc2)C(=O)[O-])c(=O)c2cc3c(cc21)OCO3. The fourth-order valence-electron chi connectivity index (χ4n) is 3.48. The Hall–Kier alpha value is -3.81. The first kappa shape index (κ1) is 19.5. The molecule has 1 aromatic heterocycles. The predicted octanol–water partition coefficient (Wildman–Crippen LogP) is 0.841. The third-order valence-electron chi connectivity index (χ3n) is 5.03. The number of aryl methyl sites for hydroxylation is 1. The van der Waals surface area contributed by atoms with Gasteiger partial charge < -0.3 is 29.3 Å². The second kappa shape index (κ2) is 7.90. The number of nitrogens with zero attached hydrogens (tertiary/aromatic N) is 1. The summed E-state index contributed by atoms with van der Waals surface area (Å²) in [5.41, 5.74) is 0.665. The molecule has 1 atom stereocenters. The molecule has 1 aliphatic rings. The average Bonchev–Trinajstić information content (AvgIpc) is 3.20. The molecular formula is C22H19N2O6-. The highest BCUT2D eigenvalue weighted by Gasteiger charge is 2.22. The van der Waals surface area contributed by atoms with Gasteiger partial charge in [0.1, 0.15) is 5.56 Å². The van der Waals surface area contributed by atoms with Crippen LogP contribution in [-0.4, -0.2) is 29.3 Å². The predicted molar refractivity (Wildman–Crippen MR) is 106 cm³/mol. The summed E-state index contributed by atoms with van der Waals surface area (Å²) < 4.78 is 12.4. The minimum Gasteiger partial charge on any atom is -0.548 e. The Kier molecular flexibility index (Phi) is 5.14. The second-order valence-corrected chi connectivity index (χ2v) is 6.92. The molecule has 0 aliphatic carbocycles. The number of rotatable bonds is 6. The van der Waals surface area contributed by atoms with Crippen molar-refractivity contribution in [3.8, 4) is 11.5 Å². The van der Waals surface area contributed by atoms with E-state index >= 15 is 0 Å². The van der Waals surface area contributed by atoms with E-state index in [1.165, 1.54) is 6.20 Å². The molecule has 2 aromatic carbocycles. The van der Waals surface area contributed by atoms with Crippen LogP contribution >= 0.6 is 0 Å². The summed E-state index contributed by atoms with van der Waals surface area (Å²) in [4.78, 5) is 37.4. The van der Waals surface area contributed by atoms with E-state index in [1.54, 1.807) is 41.0 Å². The number of carboxylic acid groups (broad SMARTS) is 1. The maximum atomic E-state index is 13.0. The second-order valence-electron chi connectivity index (χ2n) is 6.92. The maximum absolute atomic E-state index is 13.0. The molecule has 1 N–H and O–H groups in total. The quantitative estimate of drug-likeness (QED) is 0.649. The number of amides is 1. The lowest BCUT2D eigenvalue weighted by Gasteiger charge is -2.20. The molecule has 30 heavy (non-hydrogen) atoms. The molecule has 0 spiro atoms. The van der Waals surface area contributed by atoms with Gasteiger partial charge in [-0.05, 0) is 25.0 Å². The van der Waals surface area contributed by atoms with Crippen molar-refractivity contribution in [3.05, 3.63) is 70.0 Å². The lowest BCUT2D eigenvalue weighted by Crippen LogP contribution is -2.50. The van der Waals surface area contributed by atoms with Crippen molar-refractivity contribution in [3.63, 3.8) is 0 Å². The summed E-state index contributed by atoms with van der Waals surface area (Å²) in [5.74, 6) is -1.24. The molecule has 8 heteroatoms. The lowest BCUT2D eigenvalue weighted by atomic mass is 10.0. The number of pyridine rings is 1. The third kappa shape index (κ3) is 3.59. The molecule has 4 rings (SSSR count). The first-order valence-electron chi connectivity index (χ1n) is 9.50. The number of hydrogen-bond acceptors (Lipinski definition) is 6. The Balaban J connectivity index is 1.70. The molecule has 0 unspecified atom stereocenters. The van der Waals surface area contributed by atoms with E-state index in [4.69, 9.17) is 9.47 Å². The normalized spacial score (nSPS) is 13.2. The molecule has 3 aromatic rings. The van der Waals surface area contributed by atoms with Gasteiger partial charge in [0.15, 0.2) is 11.5 Å². The van der Waals surface area contributed by atoms with Crippen LogP contribution in [0.2, 0.25) is 0 Å². The van der Waals surface area contributed by atoms with Crippen molar-refractivity contribution >= 4 is 22.8 Å². The standard InChI is InChI=1S/C22H20N2O6/c1-2-24-11-15(20(25)14-9-18-19(10-17(14)24)30-12-29-18)21(26)23-16(22(27)28)8-13-6-4-3-5-7-13/h3-7,9-11,16H,2,8,12H2,1H3,(H,23,26)(H,27,28)/p-1/t16-/m0/s1. The van der Waals surface area contributed by atoms with Gasteiger partial charge in [0, 0.05) is 18.8 Å². The molecule has 8 nitrogen and oxygen atoms in total. The third-order valence-corrected chi connectivity index (χ3v) is 5.03. The molecule has 2 heterocycles. The van der Waals surface area contributed by atoms with E-state index in [0.717, 1.165) is 5.56 Å². The fourth-order valence-corrected chi connectivity index (χ4v) is 3.48. The van der Waals surface area contributed by atoms with Gasteiger partial charge in [0.25, 0.3) is 5.91 Å². The Bertz CT molecular complexity index is 1190. The first-order chi connectivity index (χ1) is 14.5. The van der Waals surface area contributed by atoms with Crippen molar-refractivity contribution in [2.24, 2.45) is 0 Å². The summed E-state index contributed by atoms with van der Waals surface area (Å²) in [6, 6.07) is 10.8. The van der Waals surface area contributed by atoms with Crippen LogP contribution in [0.4, 0.5) is 0 Å². The van der Waals surface area contributed by atoms with Crippen LogP contribution in [0.1, 0.15) is 22.8 Å². The van der Waals surface area contributed by atoms with Crippen LogP contribution < -0.4 is 25.3 Å². The van der Waals surface area contributed by atoms with Gasteiger partial charge >= 0.3 is 0 Å². The Morgan fingerprint density at radius 1 is 1.17 bits per heavy atom. The van der Waals surface area contributed by atoms with Gasteiger partial charge in [-0.1, -0.05) is 30.3 Å². The number of fused-ring (bicyclic) bond motifs is 2. The van der Waals surface area contributed by atoms with E-state index in [9.17, 15) is 19.5 Å². The minimum atomic E-state index is -1.42. The highest BCUT2D eigenvalue weighted by atomic mass is 16.7. The number of aliphatic carboxylic acids is 1. The largest absolute Gasteiger partial charge is 0.548 e. The van der Waals surface area contributed by atoms with Crippen molar-refractivity contribution in [2.45, 2.75) is 25.9 Å². The van der Waals surface area contributed by atoms with Crippen molar-refractivity contribution < 1.29 is 24.2 Å². The van der Waals surface area contributed by atoms with Crippen molar-refractivity contribution in [1.29, 1.82) is 0 Å². The molecule has 0 saturated heterocycles. The van der Waals surface area contributed by atoms with Crippen LogP contribution in [0.3, 0.4) is 0 Å². The topological polar surface area (TPSA) is 110 Å². The lowest BCUT2D eigenvalue weighted by molar-refractivity contribution is -0.308. The number of ether oxygens (including phenoxy) is 2. The zero-order valence-corrected chi connectivity index (χ0v) is 16.2. The Morgan fingerprint density at radius 3 is 2.53 bits per heavy atom. The van der Waals surface area contributed by atoms with E-state index in [-0.39, 0.29) is 18.8 Å². The van der Waals surface area contributed by atoms with E-state index in [2.05, 4.69) is 5.32 Å². The van der Waals surface area contributed by atoms with Crippen LogP contribution in [0.15, 0.2) is 53.5 Å². The molecule has 154 valence electrons. The van der Waals surface area contributed by atoms with Crippen molar-refractivity contribution in [1.82, 2.24) is 9.88 Å². The van der Waals surface area contributed by atoms with Gasteiger partial charge in [-0.3, -0.25) is 9.59 Å². The van der Waals surface area contributed by atoms with Crippen LogP contribution in [-0.2, 0) is 17.8 Å². The van der Waals surface area contributed by atoms with Crippen LogP contribution in [0, 0.1) is 0 Å². The number of nitrogens with one attached hydrogen (secondary N) is 1. The highest BCUT2D eigenvalue weighted by Crippen LogP contribution is 2.35. The molecule has 0 fully saturated rings. The van der Waals surface area contributed by atoms with Gasteiger partial charge in [-0.15, -0.1) is 0 Å². The summed E-state index contributed by atoms with van der Waals surface area (Å²) in [7, 11) is 0. The fraction of sp³-hybridized carbons (Fsp3) is 0.227. The van der Waals surface area contributed by atoms with Crippen molar-refractivity contribution in [2.75, 3.05) is 6.79 Å². The van der Waals surface area contributed by atoms with Gasteiger partial charge in [0.2, 0.25) is 12.2 Å². The molecule has 0 saturated carbocycles. The highest BCUT2D eigenvalue weighted by molar-refractivity contribution is 5.99. The van der Waals surface area contributed by atoms with E-state index in [1.807, 2.05) is 13.0 Å². The van der Waals surface area contributed by atoms with Gasteiger partial charge in [-0.2, -0.15) is 0 Å². The summed E-state index contributed by atoms with van der Waals surface area (Å²) in [6.45, 7) is 2.42. The number of hydrogen-bond donors (Lipinski definition) is 1. The molecule has 0 bridgehead atoms. The zero-order chi connectivity index (χ0) is 21.3. The Labute approximate surface area is 171 Å². The van der Waals surface area contributed by atoms with Gasteiger partial charge in [0.05, 0.1) is 22.9 Å². The van der Waals surface area contributed by atoms with Crippen LogP contribution in [0.5, 0.6) is 11.5 Å². The molecular weight excluding hydrogens is 388 g/mol. The van der Waals surface area contributed by atoms with Gasteiger partial charge in [-0.25, -0.2) is 0 Å². The summed E-state index contributed by atoms with van der Waals surface area (Å²) in [6.07, 6.45) is 1.47.